The molecule has 1 fully saturated rings. The van der Waals surface area contributed by atoms with Crippen LogP contribution in [-0.2, 0) is 4.65 Å². The average molecular weight is 345 g/mol. The lowest BCUT2D eigenvalue weighted by Crippen LogP contribution is -2.08. The first-order valence-corrected chi connectivity index (χ1v) is 8.39. The lowest BCUT2D eigenvalue weighted by Gasteiger charge is -2.13. The molecular weight excluding hydrogens is 324 g/mol. The van der Waals surface area contributed by atoms with Crippen LogP contribution < -0.4 is 9.47 Å². The highest BCUT2D eigenvalue weighted by atomic mass is 19.1. The summed E-state index contributed by atoms with van der Waals surface area (Å²) in [6, 6.07) is 8.56. The van der Waals surface area contributed by atoms with Crippen molar-refractivity contribution < 1.29 is 23.5 Å². The molecule has 25 heavy (non-hydrogen) atoms. The van der Waals surface area contributed by atoms with E-state index in [2.05, 4.69) is 4.98 Å². The smallest absolute Gasteiger partial charge is 0.454 e. The van der Waals surface area contributed by atoms with Gasteiger partial charge in [-0.15, -0.1) is 0 Å². The Balaban J connectivity index is 1.93. The average Bonchev–Trinajstić information content (AvgIpc) is 3.06. The lowest BCUT2D eigenvalue weighted by atomic mass is 9.81. The van der Waals surface area contributed by atoms with Gasteiger partial charge in [-0.1, -0.05) is 6.92 Å². The summed E-state index contributed by atoms with van der Waals surface area (Å²) in [5, 5.41) is 9.51. The van der Waals surface area contributed by atoms with Crippen molar-refractivity contribution in [3.05, 3.63) is 41.8 Å². The molecule has 1 aliphatic rings. The van der Waals surface area contributed by atoms with Crippen molar-refractivity contribution in [3.8, 4) is 22.8 Å². The maximum absolute atomic E-state index is 14.2. The number of rotatable bonds is 6. The molecule has 7 heteroatoms. The zero-order valence-corrected chi connectivity index (χ0v) is 14.4. The van der Waals surface area contributed by atoms with E-state index >= 15 is 0 Å². The van der Waals surface area contributed by atoms with Gasteiger partial charge in [-0.05, 0) is 43.1 Å². The van der Waals surface area contributed by atoms with E-state index in [0.717, 1.165) is 12.0 Å². The van der Waals surface area contributed by atoms with E-state index in [1.807, 2.05) is 25.1 Å². The van der Waals surface area contributed by atoms with Gasteiger partial charge in [0.25, 0.3) is 0 Å². The predicted molar refractivity (Wildman–Crippen MR) is 93.4 cm³/mol. The number of hydrogen-bond acceptors (Lipinski definition) is 5. The van der Waals surface area contributed by atoms with Gasteiger partial charge >= 0.3 is 7.12 Å². The maximum Gasteiger partial charge on any atom is 0.454 e. The molecule has 1 aliphatic heterocycles. The number of hydrogen-bond donors (Lipinski definition) is 1. The summed E-state index contributed by atoms with van der Waals surface area (Å²) >= 11 is 0. The molecule has 3 rings (SSSR count). The third-order valence-corrected chi connectivity index (χ3v) is 4.16. The van der Waals surface area contributed by atoms with Crippen molar-refractivity contribution in [2.75, 3.05) is 20.3 Å². The van der Waals surface area contributed by atoms with Gasteiger partial charge in [0, 0.05) is 18.1 Å². The summed E-state index contributed by atoms with van der Waals surface area (Å²) in [7, 11) is 0.734. The molecule has 1 aromatic carbocycles. The molecule has 0 saturated carbocycles. The van der Waals surface area contributed by atoms with E-state index in [9.17, 15) is 9.41 Å². The number of ether oxygens (including phenoxy) is 2. The molecular formula is C18H21BFNO4. The van der Waals surface area contributed by atoms with Gasteiger partial charge in [-0.3, -0.25) is 0 Å². The molecule has 0 spiro atoms. The van der Waals surface area contributed by atoms with Gasteiger partial charge in [-0.2, -0.15) is 0 Å². The third kappa shape index (κ3) is 3.94. The molecule has 1 N–H and O–H groups in total. The van der Waals surface area contributed by atoms with Gasteiger partial charge in [0.2, 0.25) is 0 Å². The fourth-order valence-electron chi connectivity index (χ4n) is 2.86. The Labute approximate surface area is 146 Å². The summed E-state index contributed by atoms with van der Waals surface area (Å²) in [5.41, 5.74) is 1.77. The van der Waals surface area contributed by atoms with Crippen molar-refractivity contribution in [1.29, 1.82) is 0 Å². The van der Waals surface area contributed by atoms with Crippen molar-refractivity contribution in [2.24, 2.45) is 0 Å². The Morgan fingerprint density at radius 3 is 2.84 bits per heavy atom. The SMILES string of the molecule is CCCOc1cc(-c2ccc(F)c([C@@H]3COB(O)C3)n2)ccc1OC. The molecule has 0 radical (unpaired) electrons. The first kappa shape index (κ1) is 17.7. The first-order chi connectivity index (χ1) is 12.1. The van der Waals surface area contributed by atoms with Gasteiger partial charge < -0.3 is 19.2 Å². The number of pyridine rings is 1. The zero-order chi connectivity index (χ0) is 17.8. The van der Waals surface area contributed by atoms with Crippen molar-refractivity contribution in [3.63, 3.8) is 0 Å². The Morgan fingerprint density at radius 1 is 1.32 bits per heavy atom. The number of aromatic nitrogens is 1. The lowest BCUT2D eigenvalue weighted by molar-refractivity contribution is 0.290. The molecule has 1 atom stereocenters. The molecule has 2 aromatic rings. The van der Waals surface area contributed by atoms with Crippen LogP contribution in [0.3, 0.4) is 0 Å². The Hall–Kier alpha value is -2.12. The molecule has 0 bridgehead atoms. The monoisotopic (exact) mass is 345 g/mol. The summed E-state index contributed by atoms with van der Waals surface area (Å²) in [6.45, 7) is 2.88. The van der Waals surface area contributed by atoms with E-state index < -0.39 is 7.12 Å². The summed E-state index contributed by atoms with van der Waals surface area (Å²) in [6.07, 6.45) is 1.23. The zero-order valence-electron chi connectivity index (χ0n) is 14.4. The summed E-state index contributed by atoms with van der Waals surface area (Å²) in [4.78, 5) is 4.47. The minimum Gasteiger partial charge on any atom is -0.493 e. The van der Waals surface area contributed by atoms with Crippen LogP contribution >= 0.6 is 0 Å². The van der Waals surface area contributed by atoms with Gasteiger partial charge in [-0.25, -0.2) is 9.37 Å². The van der Waals surface area contributed by atoms with Crippen LogP contribution in [0.25, 0.3) is 11.3 Å². The topological polar surface area (TPSA) is 60.8 Å². The first-order valence-electron chi connectivity index (χ1n) is 8.39. The highest BCUT2D eigenvalue weighted by Gasteiger charge is 2.32. The van der Waals surface area contributed by atoms with E-state index in [1.54, 1.807) is 13.2 Å². The molecule has 132 valence electrons. The van der Waals surface area contributed by atoms with Gasteiger partial charge in [0.1, 0.15) is 5.82 Å². The third-order valence-electron chi connectivity index (χ3n) is 4.16. The maximum atomic E-state index is 14.2. The number of halogens is 1. The summed E-state index contributed by atoms with van der Waals surface area (Å²) in [5.74, 6) is 0.646. The number of methoxy groups -OCH3 is 1. The second-order valence-electron chi connectivity index (χ2n) is 6.00. The molecule has 5 nitrogen and oxygen atoms in total. The van der Waals surface area contributed by atoms with E-state index in [4.69, 9.17) is 14.1 Å². The van der Waals surface area contributed by atoms with Crippen molar-refractivity contribution in [2.45, 2.75) is 25.6 Å². The van der Waals surface area contributed by atoms with Crippen LogP contribution in [0, 0.1) is 5.82 Å². The molecule has 0 aliphatic carbocycles. The molecule has 2 heterocycles. The largest absolute Gasteiger partial charge is 0.493 e. The molecule has 1 saturated heterocycles. The van der Waals surface area contributed by atoms with Crippen LogP contribution in [0.1, 0.15) is 25.0 Å². The summed E-state index contributed by atoms with van der Waals surface area (Å²) < 4.78 is 30.4. The minimum atomic E-state index is -0.857. The highest BCUT2D eigenvalue weighted by Crippen LogP contribution is 2.34. The fraction of sp³-hybridized carbons (Fsp3) is 0.389. The second kappa shape index (κ2) is 7.84. The second-order valence-corrected chi connectivity index (χ2v) is 6.00. The van der Waals surface area contributed by atoms with E-state index in [0.29, 0.717) is 35.8 Å². The van der Waals surface area contributed by atoms with E-state index in [-0.39, 0.29) is 18.3 Å². The van der Waals surface area contributed by atoms with Crippen LogP contribution in [-0.4, -0.2) is 37.4 Å². The normalized spacial score (nSPS) is 17.0. The van der Waals surface area contributed by atoms with Crippen molar-refractivity contribution in [1.82, 2.24) is 4.98 Å². The predicted octanol–water partition coefficient (Wildman–Crippen LogP) is 3.28. The standard InChI is InChI=1S/C18H21BFNO4/c1-3-8-24-17-9-12(4-7-16(17)23-2)15-6-5-14(20)18(21-15)13-10-19(22)25-11-13/h4-7,9,13,22H,3,8,10-11H2,1-2H3/t13-/m0/s1. The Morgan fingerprint density at radius 2 is 2.16 bits per heavy atom. The Bertz CT molecular complexity index is 743. The number of nitrogens with zero attached hydrogens (tertiary/aromatic N) is 1. The number of benzene rings is 1. The molecule has 1 aromatic heterocycles. The minimum absolute atomic E-state index is 0.246. The van der Waals surface area contributed by atoms with Crippen LogP contribution in [0.15, 0.2) is 30.3 Å². The van der Waals surface area contributed by atoms with Gasteiger partial charge in [0.05, 0.1) is 25.1 Å². The van der Waals surface area contributed by atoms with Crippen LogP contribution in [0.2, 0.25) is 6.32 Å². The van der Waals surface area contributed by atoms with Crippen molar-refractivity contribution >= 4 is 7.12 Å². The van der Waals surface area contributed by atoms with Gasteiger partial charge in [0.15, 0.2) is 11.5 Å². The Kier molecular flexibility index (Phi) is 5.55. The van der Waals surface area contributed by atoms with E-state index in [1.165, 1.54) is 6.07 Å². The highest BCUT2D eigenvalue weighted by molar-refractivity contribution is 6.43. The molecule has 0 unspecified atom stereocenters. The van der Waals surface area contributed by atoms with Crippen LogP contribution in [0.4, 0.5) is 4.39 Å². The molecule has 0 amide bonds. The fourth-order valence-corrected chi connectivity index (χ4v) is 2.86. The van der Waals surface area contributed by atoms with Crippen LogP contribution in [0.5, 0.6) is 11.5 Å². The quantitative estimate of drug-likeness (QED) is 0.815.